The molecule has 0 aromatic heterocycles. The van der Waals surface area contributed by atoms with Gasteiger partial charge in [0.1, 0.15) is 11.6 Å². The summed E-state index contributed by atoms with van der Waals surface area (Å²) >= 11 is 5.59. The van der Waals surface area contributed by atoms with Crippen LogP contribution in [0.25, 0.3) is 0 Å². The largest absolute Gasteiger partial charge is 0.481 e. The molecule has 0 amide bonds. The molecule has 0 bridgehead atoms. The summed E-state index contributed by atoms with van der Waals surface area (Å²) in [5, 5.41) is 7.35. The summed E-state index contributed by atoms with van der Waals surface area (Å²) in [7, 11) is 0. The molecule has 5 heteroatoms. The van der Waals surface area contributed by atoms with E-state index in [0.717, 1.165) is 18.2 Å². The Morgan fingerprint density at radius 3 is 2.71 bits per heavy atom. The van der Waals surface area contributed by atoms with E-state index in [2.05, 4.69) is 0 Å². The third-order valence-corrected chi connectivity index (χ3v) is 2.04. The van der Waals surface area contributed by atoms with Gasteiger partial charge < -0.3 is 5.11 Å². The van der Waals surface area contributed by atoms with E-state index >= 15 is 0 Å². The van der Waals surface area contributed by atoms with Crippen LogP contribution in [-0.4, -0.2) is 11.1 Å². The highest BCUT2D eigenvalue weighted by Gasteiger charge is 2.16. The highest BCUT2D eigenvalue weighted by molar-refractivity contribution is 6.21. The first kappa shape index (κ1) is 10.9. The molecule has 0 aliphatic rings. The number of aliphatic carboxylic acids is 1. The number of hydrogen-bond donors (Lipinski definition) is 1. The number of carboxylic acid groups (broad SMARTS) is 1. The van der Waals surface area contributed by atoms with Crippen LogP contribution in [0.1, 0.15) is 17.4 Å². The van der Waals surface area contributed by atoms with Gasteiger partial charge in [0.05, 0.1) is 11.8 Å². The van der Waals surface area contributed by atoms with Crippen LogP contribution < -0.4 is 0 Å². The Kier molecular flexibility index (Phi) is 3.41. The summed E-state index contributed by atoms with van der Waals surface area (Å²) in [5.41, 5.74) is -0.130. The van der Waals surface area contributed by atoms with Gasteiger partial charge in [0.2, 0.25) is 0 Å². The molecule has 0 saturated heterocycles. The number of carboxylic acids is 1. The summed E-state index contributed by atoms with van der Waals surface area (Å²) < 4.78 is 25.7. The maximum atomic E-state index is 13.0. The van der Waals surface area contributed by atoms with Crippen LogP contribution in [0.4, 0.5) is 8.78 Å². The molecule has 0 aliphatic heterocycles. The molecule has 0 radical (unpaired) electrons. The third-order valence-electron chi connectivity index (χ3n) is 1.65. The van der Waals surface area contributed by atoms with Crippen molar-refractivity contribution in [1.29, 1.82) is 0 Å². The van der Waals surface area contributed by atoms with E-state index in [4.69, 9.17) is 16.7 Å². The first-order chi connectivity index (χ1) is 6.50. The Morgan fingerprint density at radius 2 is 2.14 bits per heavy atom. The predicted molar refractivity (Wildman–Crippen MR) is 47.2 cm³/mol. The van der Waals surface area contributed by atoms with Gasteiger partial charge in [-0.1, -0.05) is 0 Å². The van der Waals surface area contributed by atoms with E-state index in [1.807, 2.05) is 0 Å². The van der Waals surface area contributed by atoms with Crippen molar-refractivity contribution in [3.05, 3.63) is 35.4 Å². The molecule has 1 aromatic rings. The lowest BCUT2D eigenvalue weighted by Gasteiger charge is -2.07. The number of hydrogen-bond acceptors (Lipinski definition) is 1. The van der Waals surface area contributed by atoms with Crippen LogP contribution >= 0.6 is 11.6 Å². The molecule has 1 unspecified atom stereocenters. The summed E-state index contributed by atoms with van der Waals surface area (Å²) in [6.45, 7) is 0. The van der Waals surface area contributed by atoms with Crippen LogP contribution in [0.15, 0.2) is 18.2 Å². The molecule has 0 fully saturated rings. The third kappa shape index (κ3) is 2.67. The normalized spacial score (nSPS) is 12.5. The Morgan fingerprint density at radius 1 is 1.50 bits per heavy atom. The quantitative estimate of drug-likeness (QED) is 0.796. The van der Waals surface area contributed by atoms with Gasteiger partial charge in [-0.25, -0.2) is 8.78 Å². The van der Waals surface area contributed by atoms with Gasteiger partial charge >= 0.3 is 5.97 Å². The van der Waals surface area contributed by atoms with Crippen molar-refractivity contribution in [2.24, 2.45) is 0 Å². The van der Waals surface area contributed by atoms with Crippen molar-refractivity contribution in [3.63, 3.8) is 0 Å². The maximum absolute atomic E-state index is 13.0. The van der Waals surface area contributed by atoms with Gasteiger partial charge in [-0.15, -0.1) is 11.6 Å². The molecular formula is C9H7ClF2O2. The van der Waals surface area contributed by atoms with Crippen molar-refractivity contribution in [2.45, 2.75) is 11.8 Å². The number of alkyl halides is 1. The van der Waals surface area contributed by atoms with Gasteiger partial charge in [0, 0.05) is 5.56 Å². The fourth-order valence-electron chi connectivity index (χ4n) is 1.02. The number of rotatable bonds is 3. The van der Waals surface area contributed by atoms with Crippen LogP contribution in [0, 0.1) is 11.6 Å². The van der Waals surface area contributed by atoms with Crippen molar-refractivity contribution >= 4 is 17.6 Å². The average Bonchev–Trinajstić information content (AvgIpc) is 2.08. The molecule has 76 valence electrons. The van der Waals surface area contributed by atoms with Crippen molar-refractivity contribution in [2.75, 3.05) is 0 Å². The summed E-state index contributed by atoms with van der Waals surface area (Å²) in [6, 6.07) is 2.76. The smallest absolute Gasteiger partial charge is 0.305 e. The van der Waals surface area contributed by atoms with E-state index in [9.17, 15) is 13.6 Å². The highest BCUT2D eigenvalue weighted by atomic mass is 35.5. The summed E-state index contributed by atoms with van der Waals surface area (Å²) in [4.78, 5) is 10.3. The number of halogens is 3. The Labute approximate surface area is 84.1 Å². The van der Waals surface area contributed by atoms with Crippen molar-refractivity contribution < 1.29 is 18.7 Å². The van der Waals surface area contributed by atoms with Crippen LogP contribution in [0.5, 0.6) is 0 Å². The topological polar surface area (TPSA) is 37.3 Å². The van der Waals surface area contributed by atoms with Gasteiger partial charge in [-0.2, -0.15) is 0 Å². The van der Waals surface area contributed by atoms with Gasteiger partial charge in [0.15, 0.2) is 0 Å². The van der Waals surface area contributed by atoms with E-state index in [1.54, 1.807) is 0 Å². The monoisotopic (exact) mass is 220 g/mol. The zero-order chi connectivity index (χ0) is 10.7. The predicted octanol–water partition coefficient (Wildman–Crippen LogP) is 2.72. The lowest BCUT2D eigenvalue weighted by atomic mass is 10.1. The molecule has 1 N–H and O–H groups in total. The first-order valence-corrected chi connectivity index (χ1v) is 4.25. The van der Waals surface area contributed by atoms with Crippen molar-refractivity contribution in [3.8, 4) is 0 Å². The van der Waals surface area contributed by atoms with E-state index < -0.39 is 29.4 Å². The fourth-order valence-corrected chi connectivity index (χ4v) is 1.32. The van der Waals surface area contributed by atoms with E-state index in [1.165, 1.54) is 0 Å². The second kappa shape index (κ2) is 4.37. The molecule has 1 atom stereocenters. The Bertz CT molecular complexity index is 355. The molecule has 1 rings (SSSR count). The lowest BCUT2D eigenvalue weighted by Crippen LogP contribution is -2.03. The highest BCUT2D eigenvalue weighted by Crippen LogP contribution is 2.27. The van der Waals surface area contributed by atoms with Crippen LogP contribution in [0.3, 0.4) is 0 Å². The standard InChI is InChI=1S/C9H7ClF2O2/c10-7(4-9(13)14)6-3-5(11)1-2-8(6)12/h1-3,7H,4H2,(H,13,14). The zero-order valence-corrected chi connectivity index (χ0v) is 7.76. The summed E-state index contributed by atoms with van der Waals surface area (Å²) in [6.07, 6.45) is -0.443. The maximum Gasteiger partial charge on any atom is 0.305 e. The van der Waals surface area contributed by atoms with Crippen LogP contribution in [0.2, 0.25) is 0 Å². The molecule has 0 aliphatic carbocycles. The molecule has 1 aromatic carbocycles. The van der Waals surface area contributed by atoms with E-state index in [-0.39, 0.29) is 5.56 Å². The fraction of sp³-hybridized carbons (Fsp3) is 0.222. The lowest BCUT2D eigenvalue weighted by molar-refractivity contribution is -0.137. The molecular weight excluding hydrogens is 214 g/mol. The second-order valence-corrected chi connectivity index (χ2v) is 3.26. The minimum Gasteiger partial charge on any atom is -0.481 e. The molecule has 2 nitrogen and oxygen atoms in total. The minimum absolute atomic E-state index is 0.130. The second-order valence-electron chi connectivity index (χ2n) is 2.73. The number of carbonyl (C=O) groups is 1. The molecule has 0 saturated carbocycles. The number of benzene rings is 1. The molecule has 0 spiro atoms. The van der Waals surface area contributed by atoms with E-state index in [0.29, 0.717) is 0 Å². The van der Waals surface area contributed by atoms with Gasteiger partial charge in [-0.3, -0.25) is 4.79 Å². The summed E-state index contributed by atoms with van der Waals surface area (Å²) in [5.74, 6) is -2.50. The SMILES string of the molecule is O=C(O)CC(Cl)c1cc(F)ccc1F. The Hall–Kier alpha value is -1.16. The zero-order valence-electron chi connectivity index (χ0n) is 7.01. The van der Waals surface area contributed by atoms with Crippen LogP contribution in [-0.2, 0) is 4.79 Å². The molecule has 0 heterocycles. The van der Waals surface area contributed by atoms with Crippen molar-refractivity contribution in [1.82, 2.24) is 0 Å². The minimum atomic E-state index is -1.16. The average molecular weight is 221 g/mol. The Balaban J connectivity index is 2.93. The van der Waals surface area contributed by atoms with Gasteiger partial charge in [-0.05, 0) is 18.2 Å². The molecule has 14 heavy (non-hydrogen) atoms. The first-order valence-electron chi connectivity index (χ1n) is 3.81. The van der Waals surface area contributed by atoms with Gasteiger partial charge in [0.25, 0.3) is 0 Å².